The fourth-order valence-corrected chi connectivity index (χ4v) is 1.70. The van der Waals surface area contributed by atoms with E-state index >= 15 is 0 Å². The first kappa shape index (κ1) is 13.7. The summed E-state index contributed by atoms with van der Waals surface area (Å²) in [5, 5.41) is 0. The van der Waals surface area contributed by atoms with Crippen molar-refractivity contribution in [2.45, 2.75) is 45.4 Å². The molecule has 3 nitrogen and oxygen atoms in total. The summed E-state index contributed by atoms with van der Waals surface area (Å²) < 4.78 is 4.44. The third-order valence-electron chi connectivity index (χ3n) is 2.72. The first-order chi connectivity index (χ1) is 8.24. The normalized spacial score (nSPS) is 20.6. The predicted molar refractivity (Wildman–Crippen MR) is 66.2 cm³/mol. The smallest absolute Gasteiger partial charge is 0.321 e. The number of cyclic esters (lactones) is 2. The van der Waals surface area contributed by atoms with Crippen LogP contribution in [0.3, 0.4) is 0 Å². The van der Waals surface area contributed by atoms with Gasteiger partial charge in [0.1, 0.15) is 0 Å². The lowest BCUT2D eigenvalue weighted by Gasteiger charge is -1.94. The van der Waals surface area contributed by atoms with Crippen molar-refractivity contribution < 1.29 is 14.3 Å². The highest BCUT2D eigenvalue weighted by atomic mass is 16.6. The molecule has 0 saturated carbocycles. The van der Waals surface area contributed by atoms with E-state index in [0.717, 1.165) is 6.42 Å². The average Bonchev–Trinajstić information content (AvgIpc) is 2.61. The number of hydrogen-bond donors (Lipinski definition) is 0. The largest absolute Gasteiger partial charge is 0.393 e. The van der Waals surface area contributed by atoms with Crippen molar-refractivity contribution in [2.24, 2.45) is 5.92 Å². The summed E-state index contributed by atoms with van der Waals surface area (Å²) in [5.74, 6) is -1.23. The predicted octanol–water partition coefficient (Wildman–Crippen LogP) is 3.16. The first-order valence-electron chi connectivity index (χ1n) is 6.32. The minimum atomic E-state index is -0.428. The first-order valence-corrected chi connectivity index (χ1v) is 6.32. The zero-order chi connectivity index (χ0) is 12.5. The topological polar surface area (TPSA) is 43.4 Å². The van der Waals surface area contributed by atoms with Gasteiger partial charge < -0.3 is 4.74 Å². The molecule has 1 aliphatic heterocycles. The van der Waals surface area contributed by atoms with Crippen molar-refractivity contribution in [3.8, 4) is 0 Å². The standard InChI is InChI=1S/C14H20O3/c1-2-3-4-5-6-7-8-9-10-12-11-13(15)17-14(12)16/h7-10,12H,2-6,11H2,1H3. The summed E-state index contributed by atoms with van der Waals surface area (Å²) in [6.07, 6.45) is 13.9. The molecule has 94 valence electrons. The lowest BCUT2D eigenvalue weighted by Crippen LogP contribution is -2.03. The van der Waals surface area contributed by atoms with Crippen LogP contribution in [0.15, 0.2) is 24.3 Å². The molecule has 17 heavy (non-hydrogen) atoms. The quantitative estimate of drug-likeness (QED) is 0.295. The third kappa shape index (κ3) is 5.48. The van der Waals surface area contributed by atoms with Gasteiger partial charge in [-0.1, -0.05) is 50.5 Å². The maximum absolute atomic E-state index is 11.1. The Bertz CT molecular complexity index is 315. The Morgan fingerprint density at radius 2 is 2.06 bits per heavy atom. The Morgan fingerprint density at radius 3 is 2.71 bits per heavy atom. The molecule has 1 heterocycles. The molecule has 1 atom stereocenters. The molecule has 0 aliphatic carbocycles. The molecule has 0 aromatic carbocycles. The van der Waals surface area contributed by atoms with E-state index in [4.69, 9.17) is 0 Å². The Labute approximate surface area is 103 Å². The summed E-state index contributed by atoms with van der Waals surface area (Å²) >= 11 is 0. The molecule has 1 aliphatic rings. The number of unbranched alkanes of at least 4 members (excludes halogenated alkanes) is 4. The highest BCUT2D eigenvalue weighted by Gasteiger charge is 2.30. The van der Waals surface area contributed by atoms with Gasteiger partial charge in [0.05, 0.1) is 12.3 Å². The van der Waals surface area contributed by atoms with Crippen LogP contribution < -0.4 is 0 Å². The van der Waals surface area contributed by atoms with Crippen LogP contribution in [-0.4, -0.2) is 11.9 Å². The van der Waals surface area contributed by atoms with E-state index in [1.54, 1.807) is 6.08 Å². The van der Waals surface area contributed by atoms with Gasteiger partial charge in [0.25, 0.3) is 0 Å². The zero-order valence-electron chi connectivity index (χ0n) is 10.4. The second-order valence-electron chi connectivity index (χ2n) is 4.27. The van der Waals surface area contributed by atoms with Crippen LogP contribution in [-0.2, 0) is 14.3 Å². The van der Waals surface area contributed by atoms with Crippen LogP contribution in [0.4, 0.5) is 0 Å². The number of carbonyl (C=O) groups excluding carboxylic acids is 2. The monoisotopic (exact) mass is 236 g/mol. The molecular formula is C14H20O3. The summed E-state index contributed by atoms with van der Waals surface area (Å²) in [7, 11) is 0. The number of hydrogen-bond acceptors (Lipinski definition) is 3. The minimum Gasteiger partial charge on any atom is -0.393 e. The number of allylic oxidation sites excluding steroid dienone is 3. The number of rotatable bonds is 7. The molecule has 0 aromatic rings. The Balaban J connectivity index is 2.15. The summed E-state index contributed by atoms with van der Waals surface area (Å²) in [6, 6.07) is 0. The molecule has 0 aromatic heterocycles. The molecule has 0 amide bonds. The second kappa shape index (κ2) is 7.82. The molecule has 0 spiro atoms. The van der Waals surface area contributed by atoms with E-state index in [-0.39, 0.29) is 12.3 Å². The van der Waals surface area contributed by atoms with Crippen LogP contribution in [0.1, 0.15) is 45.4 Å². The summed E-state index contributed by atoms with van der Waals surface area (Å²) in [4.78, 5) is 21.9. The van der Waals surface area contributed by atoms with Crippen molar-refractivity contribution >= 4 is 11.9 Å². The van der Waals surface area contributed by atoms with E-state index < -0.39 is 11.9 Å². The zero-order valence-corrected chi connectivity index (χ0v) is 10.4. The summed E-state index contributed by atoms with van der Waals surface area (Å²) in [6.45, 7) is 2.19. The number of esters is 2. The van der Waals surface area contributed by atoms with Crippen molar-refractivity contribution in [1.29, 1.82) is 0 Å². The lowest BCUT2D eigenvalue weighted by molar-refractivity contribution is -0.152. The van der Waals surface area contributed by atoms with Crippen LogP contribution in [0.2, 0.25) is 0 Å². The van der Waals surface area contributed by atoms with Crippen LogP contribution in [0.25, 0.3) is 0 Å². The Kier molecular flexibility index (Phi) is 6.30. The fourth-order valence-electron chi connectivity index (χ4n) is 1.70. The second-order valence-corrected chi connectivity index (χ2v) is 4.27. The van der Waals surface area contributed by atoms with E-state index in [1.165, 1.54) is 25.7 Å². The average molecular weight is 236 g/mol. The van der Waals surface area contributed by atoms with Gasteiger partial charge in [-0.3, -0.25) is 9.59 Å². The van der Waals surface area contributed by atoms with Gasteiger partial charge in [0.15, 0.2) is 0 Å². The van der Waals surface area contributed by atoms with Gasteiger partial charge in [0.2, 0.25) is 0 Å². The molecule has 1 rings (SSSR count). The van der Waals surface area contributed by atoms with E-state index in [1.807, 2.05) is 12.2 Å². The highest BCUT2D eigenvalue weighted by molar-refractivity contribution is 5.95. The van der Waals surface area contributed by atoms with Crippen molar-refractivity contribution in [3.63, 3.8) is 0 Å². The molecule has 1 saturated heterocycles. The van der Waals surface area contributed by atoms with Crippen molar-refractivity contribution in [1.82, 2.24) is 0 Å². The van der Waals surface area contributed by atoms with Gasteiger partial charge >= 0.3 is 11.9 Å². The summed E-state index contributed by atoms with van der Waals surface area (Å²) in [5.41, 5.74) is 0. The van der Waals surface area contributed by atoms with Crippen LogP contribution in [0.5, 0.6) is 0 Å². The van der Waals surface area contributed by atoms with Crippen LogP contribution in [0, 0.1) is 5.92 Å². The molecule has 1 unspecified atom stereocenters. The third-order valence-corrected chi connectivity index (χ3v) is 2.72. The van der Waals surface area contributed by atoms with E-state index in [2.05, 4.69) is 17.7 Å². The lowest BCUT2D eigenvalue weighted by atomic mass is 10.1. The van der Waals surface area contributed by atoms with Gasteiger partial charge in [0, 0.05) is 0 Å². The van der Waals surface area contributed by atoms with Gasteiger partial charge in [-0.15, -0.1) is 0 Å². The SMILES string of the molecule is CCCCCCC=CC=CC1CC(=O)OC1=O. The highest BCUT2D eigenvalue weighted by Crippen LogP contribution is 2.16. The number of carbonyl (C=O) groups is 2. The fraction of sp³-hybridized carbons (Fsp3) is 0.571. The van der Waals surface area contributed by atoms with Gasteiger partial charge in [-0.25, -0.2) is 0 Å². The Morgan fingerprint density at radius 1 is 1.24 bits per heavy atom. The molecule has 3 heteroatoms. The molecule has 0 N–H and O–H groups in total. The molecule has 0 radical (unpaired) electrons. The van der Waals surface area contributed by atoms with E-state index in [0.29, 0.717) is 0 Å². The Hall–Kier alpha value is -1.38. The molecular weight excluding hydrogens is 216 g/mol. The molecule has 0 bridgehead atoms. The van der Waals surface area contributed by atoms with Gasteiger partial charge in [-0.2, -0.15) is 0 Å². The maximum atomic E-state index is 11.1. The van der Waals surface area contributed by atoms with E-state index in [9.17, 15) is 9.59 Å². The van der Waals surface area contributed by atoms with Crippen LogP contribution >= 0.6 is 0 Å². The minimum absolute atomic E-state index is 0.180. The number of ether oxygens (including phenoxy) is 1. The maximum Gasteiger partial charge on any atom is 0.321 e. The molecule has 1 fully saturated rings. The van der Waals surface area contributed by atoms with Gasteiger partial charge in [-0.05, 0) is 12.8 Å². The van der Waals surface area contributed by atoms with Crippen molar-refractivity contribution in [2.75, 3.05) is 0 Å². The van der Waals surface area contributed by atoms with Crippen molar-refractivity contribution in [3.05, 3.63) is 24.3 Å².